The van der Waals surface area contributed by atoms with E-state index in [0.29, 0.717) is 17.3 Å². The highest BCUT2D eigenvalue weighted by atomic mass is 16.4. The Bertz CT molecular complexity index is 1300. The van der Waals surface area contributed by atoms with Gasteiger partial charge in [0.15, 0.2) is 0 Å². The van der Waals surface area contributed by atoms with Gasteiger partial charge in [0.05, 0.1) is 17.6 Å². The molecule has 4 aromatic rings. The van der Waals surface area contributed by atoms with Crippen molar-refractivity contribution in [2.24, 2.45) is 0 Å². The van der Waals surface area contributed by atoms with Crippen LogP contribution < -0.4 is 10.2 Å². The summed E-state index contributed by atoms with van der Waals surface area (Å²) in [5, 5.41) is 4.01. The van der Waals surface area contributed by atoms with Crippen molar-refractivity contribution >= 4 is 28.3 Å². The molecule has 4 rings (SSSR count). The minimum Gasteiger partial charge on any atom is -0.441 e. The molecule has 2 heterocycles. The summed E-state index contributed by atoms with van der Waals surface area (Å²) in [7, 11) is 6.19. The fourth-order valence-electron chi connectivity index (χ4n) is 3.77. The standard InChI is InChI=1S/C27H31N5O2/c1-18-15-25(32(5)14-13-31(3)4)29-23-12-11-21(16-22(18)23)28-26(33)17-24-19(2)34-27(30-24)20-9-7-6-8-10-20/h6-12,15-16H,13-14,17H2,1-5H3,(H,28,33). The number of carbonyl (C=O) groups excluding carboxylic acids is 1. The maximum atomic E-state index is 12.8. The van der Waals surface area contributed by atoms with Gasteiger partial charge in [-0.25, -0.2) is 9.97 Å². The molecule has 0 aliphatic carbocycles. The molecule has 0 spiro atoms. The van der Waals surface area contributed by atoms with E-state index in [-0.39, 0.29) is 12.3 Å². The van der Waals surface area contributed by atoms with Gasteiger partial charge in [-0.1, -0.05) is 18.2 Å². The lowest BCUT2D eigenvalue weighted by molar-refractivity contribution is -0.115. The first-order valence-corrected chi connectivity index (χ1v) is 11.4. The number of nitrogens with zero attached hydrogens (tertiary/aromatic N) is 4. The Morgan fingerprint density at radius 2 is 1.74 bits per heavy atom. The summed E-state index contributed by atoms with van der Waals surface area (Å²) in [4.78, 5) is 26.4. The summed E-state index contributed by atoms with van der Waals surface area (Å²) >= 11 is 0. The van der Waals surface area contributed by atoms with Crippen molar-refractivity contribution in [3.63, 3.8) is 0 Å². The SMILES string of the molecule is Cc1oc(-c2ccccc2)nc1CC(=O)Nc1ccc2nc(N(C)CCN(C)C)cc(C)c2c1. The van der Waals surface area contributed by atoms with Crippen LogP contribution in [0.4, 0.5) is 11.5 Å². The Labute approximate surface area is 200 Å². The normalized spacial score (nSPS) is 11.2. The molecule has 0 saturated carbocycles. The number of amides is 1. The Kier molecular flexibility index (Phi) is 6.93. The number of aromatic nitrogens is 2. The Morgan fingerprint density at radius 3 is 2.47 bits per heavy atom. The highest BCUT2D eigenvalue weighted by Crippen LogP contribution is 2.26. The number of nitrogens with one attached hydrogen (secondary N) is 1. The molecule has 0 aliphatic heterocycles. The zero-order valence-electron chi connectivity index (χ0n) is 20.4. The van der Waals surface area contributed by atoms with Crippen molar-refractivity contribution in [3.8, 4) is 11.5 Å². The smallest absolute Gasteiger partial charge is 0.230 e. The molecular formula is C27H31N5O2. The van der Waals surface area contributed by atoms with E-state index < -0.39 is 0 Å². The van der Waals surface area contributed by atoms with Gasteiger partial charge in [-0.3, -0.25) is 4.79 Å². The van der Waals surface area contributed by atoms with E-state index in [2.05, 4.69) is 54.2 Å². The highest BCUT2D eigenvalue weighted by molar-refractivity contribution is 5.95. The van der Waals surface area contributed by atoms with Gasteiger partial charge in [0.25, 0.3) is 0 Å². The Morgan fingerprint density at radius 1 is 0.971 bits per heavy atom. The maximum Gasteiger partial charge on any atom is 0.230 e. The molecule has 0 radical (unpaired) electrons. The zero-order chi connectivity index (χ0) is 24.2. The minimum absolute atomic E-state index is 0.138. The number of rotatable bonds is 8. The van der Waals surface area contributed by atoms with Crippen LogP contribution in [-0.2, 0) is 11.2 Å². The summed E-state index contributed by atoms with van der Waals surface area (Å²) in [5.41, 5.74) is 4.29. The monoisotopic (exact) mass is 457 g/mol. The second kappa shape index (κ2) is 10.1. The number of carbonyl (C=O) groups is 1. The van der Waals surface area contributed by atoms with Crippen LogP contribution in [0.2, 0.25) is 0 Å². The summed E-state index contributed by atoms with van der Waals surface area (Å²) in [5.74, 6) is 1.98. The zero-order valence-corrected chi connectivity index (χ0v) is 20.4. The van der Waals surface area contributed by atoms with Gasteiger partial charge in [-0.2, -0.15) is 0 Å². The van der Waals surface area contributed by atoms with Crippen LogP contribution in [0.3, 0.4) is 0 Å². The molecule has 34 heavy (non-hydrogen) atoms. The third kappa shape index (κ3) is 5.43. The van der Waals surface area contributed by atoms with Gasteiger partial charge in [-0.05, 0) is 69.9 Å². The van der Waals surface area contributed by atoms with E-state index in [4.69, 9.17) is 9.40 Å². The third-order valence-electron chi connectivity index (χ3n) is 5.80. The van der Waals surface area contributed by atoms with Crippen molar-refractivity contribution in [1.29, 1.82) is 0 Å². The molecule has 0 saturated heterocycles. The lowest BCUT2D eigenvalue weighted by Crippen LogP contribution is -2.29. The number of hydrogen-bond acceptors (Lipinski definition) is 6. The number of hydrogen-bond donors (Lipinski definition) is 1. The van der Waals surface area contributed by atoms with E-state index in [0.717, 1.165) is 46.6 Å². The van der Waals surface area contributed by atoms with E-state index in [9.17, 15) is 4.79 Å². The Hall–Kier alpha value is -3.71. The molecular weight excluding hydrogens is 426 g/mol. The second-order valence-corrected chi connectivity index (χ2v) is 8.87. The molecule has 2 aromatic carbocycles. The van der Waals surface area contributed by atoms with Crippen LogP contribution in [0.25, 0.3) is 22.4 Å². The summed E-state index contributed by atoms with van der Waals surface area (Å²) < 4.78 is 5.78. The number of pyridine rings is 1. The molecule has 0 bridgehead atoms. The summed E-state index contributed by atoms with van der Waals surface area (Å²) in [6.45, 7) is 5.76. The maximum absolute atomic E-state index is 12.8. The fourth-order valence-corrected chi connectivity index (χ4v) is 3.77. The molecule has 2 aromatic heterocycles. The highest BCUT2D eigenvalue weighted by Gasteiger charge is 2.15. The Balaban J connectivity index is 1.47. The number of benzene rings is 2. The van der Waals surface area contributed by atoms with Crippen molar-refractivity contribution in [2.45, 2.75) is 20.3 Å². The molecule has 176 valence electrons. The first kappa shape index (κ1) is 23.4. The molecule has 1 N–H and O–H groups in total. The van der Waals surface area contributed by atoms with Gasteiger partial charge in [0, 0.05) is 36.8 Å². The average molecular weight is 458 g/mol. The molecule has 7 nitrogen and oxygen atoms in total. The van der Waals surface area contributed by atoms with Crippen LogP contribution in [0.5, 0.6) is 0 Å². The molecule has 0 unspecified atom stereocenters. The van der Waals surface area contributed by atoms with Gasteiger partial charge in [0.2, 0.25) is 11.8 Å². The minimum atomic E-state index is -0.138. The van der Waals surface area contributed by atoms with Crippen LogP contribution in [-0.4, -0.2) is 55.0 Å². The largest absolute Gasteiger partial charge is 0.441 e. The predicted octanol–water partition coefficient (Wildman–Crippen LogP) is 4.69. The average Bonchev–Trinajstić information content (AvgIpc) is 3.18. The fraction of sp³-hybridized carbons (Fsp3) is 0.296. The first-order chi connectivity index (χ1) is 16.3. The quantitative estimate of drug-likeness (QED) is 0.414. The van der Waals surface area contributed by atoms with Crippen LogP contribution in [0.15, 0.2) is 59.0 Å². The lowest BCUT2D eigenvalue weighted by Gasteiger charge is -2.21. The van der Waals surface area contributed by atoms with Crippen LogP contribution in [0.1, 0.15) is 17.0 Å². The number of oxazole rings is 1. The van der Waals surface area contributed by atoms with Gasteiger partial charge in [-0.15, -0.1) is 0 Å². The van der Waals surface area contributed by atoms with E-state index in [1.807, 2.05) is 55.5 Å². The molecule has 1 amide bonds. The topological polar surface area (TPSA) is 74.5 Å². The van der Waals surface area contributed by atoms with E-state index in [1.165, 1.54) is 0 Å². The number of likely N-dealkylation sites (N-methyl/N-ethyl adjacent to an activating group) is 2. The molecule has 0 fully saturated rings. The third-order valence-corrected chi connectivity index (χ3v) is 5.80. The van der Waals surface area contributed by atoms with Crippen molar-refractivity contribution < 1.29 is 9.21 Å². The molecule has 7 heteroatoms. The van der Waals surface area contributed by atoms with Crippen molar-refractivity contribution in [1.82, 2.24) is 14.9 Å². The van der Waals surface area contributed by atoms with Crippen LogP contribution in [0, 0.1) is 13.8 Å². The van der Waals surface area contributed by atoms with Gasteiger partial charge < -0.3 is 19.5 Å². The van der Waals surface area contributed by atoms with Gasteiger partial charge in [0.1, 0.15) is 11.6 Å². The van der Waals surface area contributed by atoms with Crippen LogP contribution >= 0.6 is 0 Å². The molecule has 0 atom stereocenters. The summed E-state index contributed by atoms with van der Waals surface area (Å²) in [6.07, 6.45) is 0.146. The van der Waals surface area contributed by atoms with Gasteiger partial charge >= 0.3 is 0 Å². The summed E-state index contributed by atoms with van der Waals surface area (Å²) in [6, 6.07) is 17.6. The van der Waals surface area contributed by atoms with Crippen molar-refractivity contribution in [2.75, 3.05) is 44.4 Å². The number of fused-ring (bicyclic) bond motifs is 1. The second-order valence-electron chi connectivity index (χ2n) is 8.87. The first-order valence-electron chi connectivity index (χ1n) is 11.4. The lowest BCUT2D eigenvalue weighted by atomic mass is 10.1. The predicted molar refractivity (Wildman–Crippen MR) is 137 cm³/mol. The van der Waals surface area contributed by atoms with Crippen molar-refractivity contribution in [3.05, 3.63) is 71.6 Å². The number of aryl methyl sites for hydroxylation is 2. The number of anilines is 2. The molecule has 0 aliphatic rings. The van der Waals surface area contributed by atoms with E-state index >= 15 is 0 Å². The van der Waals surface area contributed by atoms with E-state index in [1.54, 1.807) is 0 Å².